The molecule has 0 spiro atoms. The minimum Gasteiger partial charge on any atom is -0.493 e. The van der Waals surface area contributed by atoms with E-state index >= 15 is 0 Å². The highest BCUT2D eigenvalue weighted by Gasteiger charge is 2.23. The third-order valence-electron chi connectivity index (χ3n) is 3.56. The average molecular weight is 343 g/mol. The second kappa shape index (κ2) is 8.19. The summed E-state index contributed by atoms with van der Waals surface area (Å²) in [5, 5.41) is 2.72. The number of aryl methyl sites for hydroxylation is 1. The molecule has 0 aliphatic rings. The number of amides is 1. The van der Waals surface area contributed by atoms with Crippen LogP contribution in [-0.4, -0.2) is 32.2 Å². The lowest BCUT2D eigenvalue weighted by atomic mass is 10.2. The average Bonchev–Trinajstić information content (AvgIpc) is 2.60. The van der Waals surface area contributed by atoms with E-state index in [0.29, 0.717) is 11.4 Å². The number of para-hydroxylation sites is 1. The molecular weight excluding hydrogens is 322 g/mol. The van der Waals surface area contributed by atoms with Gasteiger partial charge in [0.2, 0.25) is 0 Å². The Morgan fingerprint density at radius 2 is 1.76 bits per heavy atom. The van der Waals surface area contributed by atoms with Gasteiger partial charge in [0, 0.05) is 5.69 Å². The van der Waals surface area contributed by atoms with Crippen molar-refractivity contribution in [3.8, 4) is 11.5 Å². The minimum absolute atomic E-state index is 0.192. The fraction of sp³-hybridized carbons (Fsp3) is 0.263. The third-order valence-corrected chi connectivity index (χ3v) is 3.56. The number of carbonyl (C=O) groups excluding carboxylic acids is 2. The summed E-state index contributed by atoms with van der Waals surface area (Å²) in [7, 11) is 2.91. The molecule has 0 radical (unpaired) electrons. The number of rotatable bonds is 6. The molecule has 2 rings (SSSR count). The Bertz CT molecular complexity index is 772. The van der Waals surface area contributed by atoms with Crippen molar-refractivity contribution in [1.29, 1.82) is 0 Å². The summed E-state index contributed by atoms with van der Waals surface area (Å²) < 4.78 is 15.6. The van der Waals surface area contributed by atoms with E-state index in [1.54, 1.807) is 24.3 Å². The van der Waals surface area contributed by atoms with Gasteiger partial charge in [0.15, 0.2) is 17.6 Å². The van der Waals surface area contributed by atoms with E-state index in [1.807, 2.05) is 25.1 Å². The first-order valence-corrected chi connectivity index (χ1v) is 7.75. The van der Waals surface area contributed by atoms with E-state index in [0.717, 1.165) is 5.56 Å². The molecule has 132 valence electrons. The number of hydrogen-bond acceptors (Lipinski definition) is 5. The third kappa shape index (κ3) is 4.50. The van der Waals surface area contributed by atoms with Gasteiger partial charge in [-0.3, -0.25) is 4.79 Å². The zero-order valence-corrected chi connectivity index (χ0v) is 14.7. The van der Waals surface area contributed by atoms with Gasteiger partial charge in [0.25, 0.3) is 5.91 Å². The van der Waals surface area contributed by atoms with E-state index in [2.05, 4.69) is 5.32 Å². The van der Waals surface area contributed by atoms with Crippen LogP contribution in [0.1, 0.15) is 22.8 Å². The van der Waals surface area contributed by atoms with Gasteiger partial charge < -0.3 is 19.5 Å². The van der Waals surface area contributed by atoms with Gasteiger partial charge in [-0.15, -0.1) is 0 Å². The molecule has 1 atom stereocenters. The van der Waals surface area contributed by atoms with Crippen LogP contribution < -0.4 is 14.8 Å². The van der Waals surface area contributed by atoms with Gasteiger partial charge >= 0.3 is 5.97 Å². The molecule has 0 aromatic heterocycles. The zero-order valence-electron chi connectivity index (χ0n) is 14.7. The van der Waals surface area contributed by atoms with Gasteiger partial charge in [-0.2, -0.15) is 0 Å². The molecule has 2 aromatic carbocycles. The highest BCUT2D eigenvalue weighted by Crippen LogP contribution is 2.31. The highest BCUT2D eigenvalue weighted by molar-refractivity contribution is 5.98. The molecule has 1 amide bonds. The summed E-state index contributed by atoms with van der Waals surface area (Å²) in [5.74, 6) is -0.404. The molecule has 6 heteroatoms. The summed E-state index contributed by atoms with van der Waals surface area (Å²) in [6, 6.07) is 12.2. The minimum atomic E-state index is -0.969. The van der Waals surface area contributed by atoms with Crippen LogP contribution in [0.15, 0.2) is 42.5 Å². The number of anilines is 1. The maximum absolute atomic E-state index is 12.4. The molecule has 0 aliphatic heterocycles. The first-order chi connectivity index (χ1) is 12.0. The predicted molar refractivity (Wildman–Crippen MR) is 94.2 cm³/mol. The van der Waals surface area contributed by atoms with Crippen molar-refractivity contribution in [2.45, 2.75) is 20.0 Å². The number of esters is 1. The summed E-state index contributed by atoms with van der Waals surface area (Å²) in [4.78, 5) is 24.6. The molecule has 0 heterocycles. The molecule has 0 fully saturated rings. The standard InChI is InChI=1S/C19H21NO5/c1-12-7-5-8-14(11-12)20-18(21)13(2)25-19(22)15-9-6-10-16(23-3)17(15)24-4/h5-11,13H,1-4H3,(H,20,21). The molecule has 0 aliphatic carbocycles. The van der Waals surface area contributed by atoms with Crippen LogP contribution in [0.3, 0.4) is 0 Å². The number of hydrogen-bond donors (Lipinski definition) is 1. The molecule has 0 saturated heterocycles. The molecule has 1 unspecified atom stereocenters. The Morgan fingerprint density at radius 1 is 1.04 bits per heavy atom. The summed E-state index contributed by atoms with van der Waals surface area (Å²) in [5.41, 5.74) is 1.85. The van der Waals surface area contributed by atoms with Crippen LogP contribution in [0.2, 0.25) is 0 Å². The van der Waals surface area contributed by atoms with E-state index in [-0.39, 0.29) is 11.3 Å². The molecule has 0 saturated carbocycles. The van der Waals surface area contributed by atoms with Crippen LogP contribution in [0, 0.1) is 6.92 Å². The van der Waals surface area contributed by atoms with E-state index in [9.17, 15) is 9.59 Å². The van der Waals surface area contributed by atoms with Crippen molar-refractivity contribution in [2.75, 3.05) is 19.5 Å². The second-order valence-electron chi connectivity index (χ2n) is 5.45. The van der Waals surface area contributed by atoms with Crippen molar-refractivity contribution in [3.63, 3.8) is 0 Å². The molecular formula is C19H21NO5. The second-order valence-corrected chi connectivity index (χ2v) is 5.45. The van der Waals surface area contributed by atoms with E-state index in [4.69, 9.17) is 14.2 Å². The van der Waals surface area contributed by atoms with Crippen LogP contribution in [0.25, 0.3) is 0 Å². The van der Waals surface area contributed by atoms with Crippen molar-refractivity contribution >= 4 is 17.6 Å². The van der Waals surface area contributed by atoms with Crippen LogP contribution in [0.5, 0.6) is 11.5 Å². The van der Waals surface area contributed by atoms with Crippen LogP contribution in [0.4, 0.5) is 5.69 Å². The highest BCUT2D eigenvalue weighted by atomic mass is 16.6. The molecule has 6 nitrogen and oxygen atoms in total. The quantitative estimate of drug-likeness (QED) is 0.816. The summed E-state index contributed by atoms with van der Waals surface area (Å²) >= 11 is 0. The normalized spacial score (nSPS) is 11.4. The maximum Gasteiger partial charge on any atom is 0.342 e. The predicted octanol–water partition coefficient (Wildman–Crippen LogP) is 3.20. The van der Waals surface area contributed by atoms with Gasteiger partial charge in [0.1, 0.15) is 5.56 Å². The van der Waals surface area contributed by atoms with Crippen molar-refractivity contribution in [2.24, 2.45) is 0 Å². The SMILES string of the molecule is COc1cccc(C(=O)OC(C)C(=O)Nc2cccc(C)c2)c1OC. The molecule has 1 N–H and O–H groups in total. The first-order valence-electron chi connectivity index (χ1n) is 7.75. The maximum atomic E-state index is 12.4. The number of benzene rings is 2. The van der Waals surface area contributed by atoms with Gasteiger partial charge in [-0.25, -0.2) is 4.79 Å². The van der Waals surface area contributed by atoms with Gasteiger partial charge in [0.05, 0.1) is 14.2 Å². The fourth-order valence-corrected chi connectivity index (χ4v) is 2.29. The number of carbonyl (C=O) groups is 2. The van der Waals surface area contributed by atoms with Crippen LogP contribution in [-0.2, 0) is 9.53 Å². The summed E-state index contributed by atoms with van der Waals surface area (Å²) in [6.45, 7) is 3.43. The van der Waals surface area contributed by atoms with E-state index in [1.165, 1.54) is 21.1 Å². The van der Waals surface area contributed by atoms with Crippen LogP contribution >= 0.6 is 0 Å². The lowest BCUT2D eigenvalue weighted by molar-refractivity contribution is -0.123. The van der Waals surface area contributed by atoms with Gasteiger partial charge in [-0.1, -0.05) is 18.2 Å². The molecule has 2 aromatic rings. The monoisotopic (exact) mass is 343 g/mol. The van der Waals surface area contributed by atoms with Crippen molar-refractivity contribution in [1.82, 2.24) is 0 Å². The number of ether oxygens (including phenoxy) is 3. The Kier molecular flexibility index (Phi) is 6.00. The smallest absolute Gasteiger partial charge is 0.342 e. The van der Waals surface area contributed by atoms with Crippen molar-refractivity contribution in [3.05, 3.63) is 53.6 Å². The first kappa shape index (κ1) is 18.3. The lowest BCUT2D eigenvalue weighted by Gasteiger charge is -2.16. The van der Waals surface area contributed by atoms with Gasteiger partial charge in [-0.05, 0) is 43.7 Å². The number of nitrogens with one attached hydrogen (secondary N) is 1. The largest absolute Gasteiger partial charge is 0.493 e. The Morgan fingerprint density at radius 3 is 2.40 bits per heavy atom. The number of methoxy groups -OCH3 is 2. The van der Waals surface area contributed by atoms with E-state index < -0.39 is 18.0 Å². The molecule has 0 bridgehead atoms. The fourth-order valence-electron chi connectivity index (χ4n) is 2.29. The Hall–Kier alpha value is -3.02. The topological polar surface area (TPSA) is 73.9 Å². The Balaban J connectivity index is 2.08. The Labute approximate surface area is 146 Å². The summed E-state index contributed by atoms with van der Waals surface area (Å²) in [6.07, 6.45) is -0.969. The zero-order chi connectivity index (χ0) is 18.4. The molecule has 25 heavy (non-hydrogen) atoms. The van der Waals surface area contributed by atoms with Crippen molar-refractivity contribution < 1.29 is 23.8 Å². The lowest BCUT2D eigenvalue weighted by Crippen LogP contribution is -2.30.